The van der Waals surface area contributed by atoms with Crippen molar-refractivity contribution in [1.82, 2.24) is 0 Å². The van der Waals surface area contributed by atoms with Crippen molar-refractivity contribution in [3.05, 3.63) is 25.3 Å². The normalized spacial score (nSPS) is 13.2. The van der Waals surface area contributed by atoms with E-state index in [0.717, 1.165) is 31.4 Å². The van der Waals surface area contributed by atoms with E-state index in [4.69, 9.17) is 9.47 Å². The highest BCUT2D eigenvalue weighted by atomic mass is 16.6. The summed E-state index contributed by atoms with van der Waals surface area (Å²) in [6.45, 7) is 11.0. The standard InChI is InChI=1S/C15H24O4/c1-5-9-10-15(8-4,19-14(17)7-3)11-12-18-13(16)6-2/h6-7H,2-3,5,8-12H2,1,4H3. The smallest absolute Gasteiger partial charge is 0.330 e. The van der Waals surface area contributed by atoms with Crippen molar-refractivity contribution in [2.75, 3.05) is 6.61 Å². The second-order valence-corrected chi connectivity index (χ2v) is 4.39. The molecule has 0 N–H and O–H groups in total. The van der Waals surface area contributed by atoms with Crippen LogP contribution < -0.4 is 0 Å². The predicted octanol–water partition coefficient (Wildman–Crippen LogP) is 3.17. The first-order chi connectivity index (χ1) is 9.03. The highest BCUT2D eigenvalue weighted by Crippen LogP contribution is 2.28. The molecule has 0 aliphatic carbocycles. The molecule has 0 aromatic rings. The average molecular weight is 268 g/mol. The summed E-state index contributed by atoms with van der Waals surface area (Å²) in [6, 6.07) is 0. The number of unbranched alkanes of at least 4 members (excludes halogenated alkanes) is 1. The summed E-state index contributed by atoms with van der Waals surface area (Å²) in [7, 11) is 0. The Morgan fingerprint density at radius 1 is 1.11 bits per heavy atom. The molecule has 0 bridgehead atoms. The molecule has 0 aliphatic heterocycles. The molecule has 1 unspecified atom stereocenters. The average Bonchev–Trinajstić information content (AvgIpc) is 2.43. The van der Waals surface area contributed by atoms with Crippen molar-refractivity contribution in [3.63, 3.8) is 0 Å². The second kappa shape index (κ2) is 9.36. The monoisotopic (exact) mass is 268 g/mol. The molecule has 0 amide bonds. The van der Waals surface area contributed by atoms with Crippen molar-refractivity contribution < 1.29 is 19.1 Å². The van der Waals surface area contributed by atoms with Crippen molar-refractivity contribution in [2.45, 2.75) is 51.6 Å². The molecule has 0 rings (SSSR count). The molecular formula is C15H24O4. The summed E-state index contributed by atoms with van der Waals surface area (Å²) >= 11 is 0. The van der Waals surface area contributed by atoms with Crippen LogP contribution in [0.1, 0.15) is 46.0 Å². The number of carbonyl (C=O) groups is 2. The highest BCUT2D eigenvalue weighted by molar-refractivity contribution is 5.81. The topological polar surface area (TPSA) is 52.6 Å². The molecule has 0 fully saturated rings. The zero-order chi connectivity index (χ0) is 14.7. The van der Waals surface area contributed by atoms with Gasteiger partial charge in [-0.2, -0.15) is 0 Å². The lowest BCUT2D eigenvalue weighted by molar-refractivity contribution is -0.158. The van der Waals surface area contributed by atoms with Crippen LogP contribution in [0.15, 0.2) is 25.3 Å². The van der Waals surface area contributed by atoms with Gasteiger partial charge in [-0.25, -0.2) is 9.59 Å². The molecule has 0 saturated carbocycles. The van der Waals surface area contributed by atoms with E-state index in [2.05, 4.69) is 20.1 Å². The van der Waals surface area contributed by atoms with Crippen LogP contribution in [0.3, 0.4) is 0 Å². The summed E-state index contributed by atoms with van der Waals surface area (Å²) in [5.74, 6) is -0.899. The maximum Gasteiger partial charge on any atom is 0.330 e. The number of esters is 2. The first kappa shape index (κ1) is 17.4. The third kappa shape index (κ3) is 6.79. The Kier molecular flexibility index (Phi) is 8.58. The molecule has 108 valence electrons. The molecule has 0 aliphatic rings. The Hall–Kier alpha value is -1.58. The maximum atomic E-state index is 11.4. The molecule has 4 nitrogen and oxygen atoms in total. The van der Waals surface area contributed by atoms with Crippen molar-refractivity contribution in [1.29, 1.82) is 0 Å². The van der Waals surface area contributed by atoms with E-state index in [-0.39, 0.29) is 6.61 Å². The highest BCUT2D eigenvalue weighted by Gasteiger charge is 2.31. The fraction of sp³-hybridized carbons (Fsp3) is 0.600. The van der Waals surface area contributed by atoms with Crippen LogP contribution in [0.2, 0.25) is 0 Å². The lowest BCUT2D eigenvalue weighted by atomic mass is 9.90. The lowest BCUT2D eigenvalue weighted by Crippen LogP contribution is -2.35. The Morgan fingerprint density at radius 2 is 1.74 bits per heavy atom. The molecule has 0 aromatic carbocycles. The SMILES string of the molecule is C=CC(=O)OCCC(CC)(CCCC)OC(=O)C=C. The Morgan fingerprint density at radius 3 is 2.21 bits per heavy atom. The molecule has 4 heteroatoms. The van der Waals surface area contributed by atoms with Crippen LogP contribution in [-0.4, -0.2) is 24.1 Å². The van der Waals surface area contributed by atoms with Crippen LogP contribution in [0.5, 0.6) is 0 Å². The van der Waals surface area contributed by atoms with Crippen molar-refractivity contribution in [3.8, 4) is 0 Å². The van der Waals surface area contributed by atoms with Crippen molar-refractivity contribution in [2.24, 2.45) is 0 Å². The van der Waals surface area contributed by atoms with Gasteiger partial charge in [0.1, 0.15) is 5.60 Å². The minimum Gasteiger partial charge on any atom is -0.462 e. The Bertz CT molecular complexity index is 322. The third-order valence-corrected chi connectivity index (χ3v) is 3.08. The first-order valence-electron chi connectivity index (χ1n) is 6.68. The largest absolute Gasteiger partial charge is 0.462 e. The van der Waals surface area contributed by atoms with Gasteiger partial charge in [0.2, 0.25) is 0 Å². The van der Waals surface area contributed by atoms with Crippen LogP contribution in [0, 0.1) is 0 Å². The molecule has 19 heavy (non-hydrogen) atoms. The van der Waals surface area contributed by atoms with Gasteiger partial charge in [0.15, 0.2) is 0 Å². The lowest BCUT2D eigenvalue weighted by Gasteiger charge is -2.32. The minimum absolute atomic E-state index is 0.215. The van der Waals surface area contributed by atoms with Gasteiger partial charge in [0.05, 0.1) is 6.61 Å². The van der Waals surface area contributed by atoms with Gasteiger partial charge >= 0.3 is 11.9 Å². The molecule has 0 saturated heterocycles. The van der Waals surface area contributed by atoms with Gasteiger partial charge in [-0.05, 0) is 19.3 Å². The van der Waals surface area contributed by atoms with Crippen LogP contribution in [0.25, 0.3) is 0 Å². The van der Waals surface area contributed by atoms with E-state index in [1.807, 2.05) is 6.92 Å². The summed E-state index contributed by atoms with van der Waals surface area (Å²) in [6.07, 6.45) is 6.17. The predicted molar refractivity (Wildman–Crippen MR) is 74.6 cm³/mol. The first-order valence-corrected chi connectivity index (χ1v) is 6.68. The third-order valence-electron chi connectivity index (χ3n) is 3.08. The summed E-state index contributed by atoms with van der Waals surface area (Å²) < 4.78 is 10.4. The number of ether oxygens (including phenoxy) is 2. The van der Waals surface area contributed by atoms with E-state index >= 15 is 0 Å². The molecule has 0 radical (unpaired) electrons. The zero-order valence-corrected chi connectivity index (χ0v) is 11.9. The van der Waals surface area contributed by atoms with Gasteiger partial charge in [-0.1, -0.05) is 33.4 Å². The maximum absolute atomic E-state index is 11.4. The Labute approximate surface area is 115 Å². The number of rotatable bonds is 10. The van der Waals surface area contributed by atoms with Gasteiger partial charge in [0, 0.05) is 18.6 Å². The molecule has 0 aromatic heterocycles. The van der Waals surface area contributed by atoms with E-state index < -0.39 is 17.5 Å². The number of hydrogen-bond donors (Lipinski definition) is 0. The molecule has 0 heterocycles. The van der Waals surface area contributed by atoms with E-state index in [0.29, 0.717) is 12.8 Å². The summed E-state index contributed by atoms with van der Waals surface area (Å²) in [5, 5.41) is 0. The molecule has 0 spiro atoms. The van der Waals surface area contributed by atoms with Crippen molar-refractivity contribution >= 4 is 11.9 Å². The summed E-state index contributed by atoms with van der Waals surface area (Å²) in [5.41, 5.74) is -0.581. The van der Waals surface area contributed by atoms with Gasteiger partial charge in [0.25, 0.3) is 0 Å². The molecule has 1 atom stereocenters. The zero-order valence-electron chi connectivity index (χ0n) is 11.9. The fourth-order valence-electron chi connectivity index (χ4n) is 1.80. The van der Waals surface area contributed by atoms with Gasteiger partial charge in [-0.3, -0.25) is 0 Å². The van der Waals surface area contributed by atoms with Crippen LogP contribution in [-0.2, 0) is 19.1 Å². The fourth-order valence-corrected chi connectivity index (χ4v) is 1.80. The van der Waals surface area contributed by atoms with E-state index in [1.165, 1.54) is 0 Å². The summed E-state index contributed by atoms with van der Waals surface area (Å²) in [4.78, 5) is 22.5. The minimum atomic E-state index is -0.581. The van der Waals surface area contributed by atoms with E-state index in [9.17, 15) is 9.59 Å². The number of hydrogen-bond acceptors (Lipinski definition) is 4. The molecular weight excluding hydrogens is 244 g/mol. The van der Waals surface area contributed by atoms with Gasteiger partial charge < -0.3 is 9.47 Å². The van der Waals surface area contributed by atoms with Crippen LogP contribution in [0.4, 0.5) is 0 Å². The van der Waals surface area contributed by atoms with E-state index in [1.54, 1.807) is 0 Å². The second-order valence-electron chi connectivity index (χ2n) is 4.39. The van der Waals surface area contributed by atoms with Crippen LogP contribution >= 0.6 is 0 Å². The quantitative estimate of drug-likeness (QED) is 0.451. The Balaban J connectivity index is 4.60. The van der Waals surface area contributed by atoms with Gasteiger partial charge in [-0.15, -0.1) is 0 Å². The number of carbonyl (C=O) groups excluding carboxylic acids is 2.